The second-order valence-electron chi connectivity index (χ2n) is 5.60. The van der Waals surface area contributed by atoms with E-state index in [2.05, 4.69) is 49.2 Å². The predicted molar refractivity (Wildman–Crippen MR) is 87.1 cm³/mol. The van der Waals surface area contributed by atoms with Crippen LogP contribution in [-0.4, -0.2) is 27.6 Å². The SMILES string of the molecule is CN(Cc1nccn1C)c1ncc(Br)cc1CNC1CC1. The summed E-state index contributed by atoms with van der Waals surface area (Å²) in [5.41, 5.74) is 1.22. The summed E-state index contributed by atoms with van der Waals surface area (Å²) in [7, 11) is 4.08. The van der Waals surface area contributed by atoms with Crippen molar-refractivity contribution >= 4 is 21.7 Å². The molecule has 2 heterocycles. The smallest absolute Gasteiger partial charge is 0.133 e. The van der Waals surface area contributed by atoms with Gasteiger partial charge in [-0.25, -0.2) is 9.97 Å². The summed E-state index contributed by atoms with van der Waals surface area (Å²) < 4.78 is 3.06. The monoisotopic (exact) mass is 349 g/mol. The summed E-state index contributed by atoms with van der Waals surface area (Å²) >= 11 is 3.52. The molecule has 0 amide bonds. The zero-order chi connectivity index (χ0) is 14.8. The molecule has 2 aromatic heterocycles. The van der Waals surface area contributed by atoms with Gasteiger partial charge >= 0.3 is 0 Å². The van der Waals surface area contributed by atoms with Crippen LogP contribution in [0.15, 0.2) is 29.1 Å². The highest BCUT2D eigenvalue weighted by Gasteiger charge is 2.21. The number of anilines is 1. The third kappa shape index (κ3) is 3.63. The highest BCUT2D eigenvalue weighted by Crippen LogP contribution is 2.24. The van der Waals surface area contributed by atoms with Gasteiger partial charge in [0.1, 0.15) is 11.6 Å². The van der Waals surface area contributed by atoms with Gasteiger partial charge in [-0.2, -0.15) is 0 Å². The van der Waals surface area contributed by atoms with E-state index in [1.165, 1.54) is 18.4 Å². The lowest BCUT2D eigenvalue weighted by atomic mass is 10.2. The number of imidazole rings is 1. The maximum absolute atomic E-state index is 4.59. The first kappa shape index (κ1) is 14.5. The van der Waals surface area contributed by atoms with E-state index in [4.69, 9.17) is 0 Å². The van der Waals surface area contributed by atoms with Crippen LogP contribution >= 0.6 is 15.9 Å². The standard InChI is InChI=1S/C15H20BrN5/c1-20-6-5-17-14(20)10-21(2)15-11(7-12(16)9-19-15)8-18-13-3-4-13/h5-7,9,13,18H,3-4,8,10H2,1-2H3. The van der Waals surface area contributed by atoms with Gasteiger partial charge in [0.2, 0.25) is 0 Å². The van der Waals surface area contributed by atoms with Gasteiger partial charge < -0.3 is 14.8 Å². The Morgan fingerprint density at radius 1 is 1.43 bits per heavy atom. The lowest BCUT2D eigenvalue weighted by molar-refractivity contribution is 0.679. The van der Waals surface area contributed by atoms with Crippen LogP contribution in [-0.2, 0) is 20.1 Å². The zero-order valence-electron chi connectivity index (χ0n) is 12.4. The molecule has 0 aromatic carbocycles. The van der Waals surface area contributed by atoms with Crippen molar-refractivity contribution in [3.05, 3.63) is 40.5 Å². The minimum atomic E-state index is 0.691. The summed E-state index contributed by atoms with van der Waals surface area (Å²) in [5.74, 6) is 2.04. The molecule has 1 N–H and O–H groups in total. The van der Waals surface area contributed by atoms with Crippen LogP contribution in [0.25, 0.3) is 0 Å². The van der Waals surface area contributed by atoms with Gasteiger partial charge in [0, 0.05) is 55.3 Å². The molecule has 6 heteroatoms. The molecule has 0 bridgehead atoms. The zero-order valence-corrected chi connectivity index (χ0v) is 14.0. The quantitative estimate of drug-likeness (QED) is 0.870. The van der Waals surface area contributed by atoms with Gasteiger partial charge in [0.25, 0.3) is 0 Å². The van der Waals surface area contributed by atoms with Gasteiger partial charge in [0.05, 0.1) is 6.54 Å². The largest absolute Gasteiger partial charge is 0.352 e. The fraction of sp³-hybridized carbons (Fsp3) is 0.467. The second-order valence-corrected chi connectivity index (χ2v) is 6.52. The molecule has 112 valence electrons. The molecule has 0 unspecified atom stereocenters. The molecule has 0 atom stereocenters. The Hall–Kier alpha value is -1.40. The van der Waals surface area contributed by atoms with Crippen LogP contribution in [0.3, 0.4) is 0 Å². The van der Waals surface area contributed by atoms with Crippen LogP contribution in [0.4, 0.5) is 5.82 Å². The van der Waals surface area contributed by atoms with E-state index in [1.807, 2.05) is 30.2 Å². The molecule has 0 aliphatic heterocycles. The molecule has 1 aliphatic carbocycles. The maximum atomic E-state index is 4.59. The number of hydrogen-bond donors (Lipinski definition) is 1. The van der Waals surface area contributed by atoms with Gasteiger partial charge in [-0.1, -0.05) is 0 Å². The molecule has 3 rings (SSSR count). The van der Waals surface area contributed by atoms with E-state index in [1.54, 1.807) is 0 Å². The first-order chi connectivity index (χ1) is 10.1. The van der Waals surface area contributed by atoms with Crippen molar-refractivity contribution in [2.75, 3.05) is 11.9 Å². The average Bonchev–Trinajstić information content (AvgIpc) is 3.20. The Bertz CT molecular complexity index is 620. The van der Waals surface area contributed by atoms with Crippen molar-refractivity contribution in [3.8, 4) is 0 Å². The summed E-state index contributed by atoms with van der Waals surface area (Å²) in [6.45, 7) is 1.60. The Balaban J connectivity index is 1.77. The first-order valence-corrected chi connectivity index (χ1v) is 7.98. The van der Waals surface area contributed by atoms with E-state index in [0.717, 1.165) is 29.2 Å². The van der Waals surface area contributed by atoms with E-state index >= 15 is 0 Å². The van der Waals surface area contributed by atoms with E-state index in [-0.39, 0.29) is 0 Å². The number of nitrogens with zero attached hydrogens (tertiary/aromatic N) is 4. The number of halogens is 1. The van der Waals surface area contributed by atoms with Crippen molar-refractivity contribution in [3.63, 3.8) is 0 Å². The Kier molecular flexibility index (Phi) is 4.26. The predicted octanol–water partition coefficient (Wildman–Crippen LogP) is 2.47. The normalized spacial score (nSPS) is 14.4. The molecular weight excluding hydrogens is 330 g/mol. The fourth-order valence-corrected chi connectivity index (χ4v) is 2.70. The minimum absolute atomic E-state index is 0.691. The van der Waals surface area contributed by atoms with Gasteiger partial charge in [-0.3, -0.25) is 0 Å². The summed E-state index contributed by atoms with van der Waals surface area (Å²) in [4.78, 5) is 11.1. The van der Waals surface area contributed by atoms with E-state index in [0.29, 0.717) is 6.04 Å². The molecule has 5 nitrogen and oxygen atoms in total. The van der Waals surface area contributed by atoms with Crippen LogP contribution < -0.4 is 10.2 Å². The molecule has 0 saturated heterocycles. The molecule has 0 radical (unpaired) electrons. The third-order valence-electron chi connectivity index (χ3n) is 3.73. The highest BCUT2D eigenvalue weighted by atomic mass is 79.9. The number of pyridine rings is 1. The molecule has 1 aliphatic rings. The number of hydrogen-bond acceptors (Lipinski definition) is 4. The second kappa shape index (κ2) is 6.15. The van der Waals surface area contributed by atoms with Crippen LogP contribution in [0, 0.1) is 0 Å². The number of nitrogens with one attached hydrogen (secondary N) is 1. The van der Waals surface area contributed by atoms with E-state index < -0.39 is 0 Å². The van der Waals surface area contributed by atoms with Gasteiger partial charge in [-0.15, -0.1) is 0 Å². The molecule has 0 spiro atoms. The van der Waals surface area contributed by atoms with Crippen molar-refractivity contribution in [2.24, 2.45) is 7.05 Å². The van der Waals surface area contributed by atoms with Crippen molar-refractivity contribution in [1.82, 2.24) is 19.9 Å². The fourth-order valence-electron chi connectivity index (χ4n) is 2.33. The van der Waals surface area contributed by atoms with Crippen molar-refractivity contribution < 1.29 is 0 Å². The van der Waals surface area contributed by atoms with Crippen LogP contribution in [0.1, 0.15) is 24.2 Å². The van der Waals surface area contributed by atoms with Gasteiger partial charge in [-0.05, 0) is 34.8 Å². The average molecular weight is 350 g/mol. The molecule has 1 fully saturated rings. The highest BCUT2D eigenvalue weighted by molar-refractivity contribution is 9.10. The lowest BCUT2D eigenvalue weighted by Crippen LogP contribution is -2.24. The van der Waals surface area contributed by atoms with Crippen LogP contribution in [0.5, 0.6) is 0 Å². The summed E-state index contributed by atoms with van der Waals surface area (Å²) in [5, 5.41) is 3.56. The van der Waals surface area contributed by atoms with Crippen molar-refractivity contribution in [2.45, 2.75) is 32.0 Å². The Morgan fingerprint density at radius 3 is 2.90 bits per heavy atom. The molecule has 2 aromatic rings. The molecular formula is C15H20BrN5. The van der Waals surface area contributed by atoms with Crippen LogP contribution in [0.2, 0.25) is 0 Å². The lowest BCUT2D eigenvalue weighted by Gasteiger charge is -2.21. The van der Waals surface area contributed by atoms with Gasteiger partial charge in [0.15, 0.2) is 0 Å². The topological polar surface area (TPSA) is 46.0 Å². The Morgan fingerprint density at radius 2 is 2.24 bits per heavy atom. The number of aromatic nitrogens is 3. The Labute approximate surface area is 133 Å². The first-order valence-electron chi connectivity index (χ1n) is 7.18. The molecule has 1 saturated carbocycles. The number of aryl methyl sites for hydroxylation is 1. The van der Waals surface area contributed by atoms with E-state index in [9.17, 15) is 0 Å². The summed E-state index contributed by atoms with van der Waals surface area (Å²) in [6, 6.07) is 2.84. The molecule has 21 heavy (non-hydrogen) atoms. The number of rotatable bonds is 6. The minimum Gasteiger partial charge on any atom is -0.352 e. The summed E-state index contributed by atoms with van der Waals surface area (Å²) in [6.07, 6.45) is 8.23. The van der Waals surface area contributed by atoms with Crippen molar-refractivity contribution in [1.29, 1.82) is 0 Å². The maximum Gasteiger partial charge on any atom is 0.133 e. The third-order valence-corrected chi connectivity index (χ3v) is 4.16.